The van der Waals surface area contributed by atoms with Crippen molar-refractivity contribution in [2.75, 3.05) is 35.8 Å². The predicted octanol–water partition coefficient (Wildman–Crippen LogP) is 3.78. The first-order chi connectivity index (χ1) is 14.9. The van der Waals surface area contributed by atoms with E-state index in [1.54, 1.807) is 29.2 Å². The summed E-state index contributed by atoms with van der Waals surface area (Å²) in [5, 5.41) is 5.57. The van der Waals surface area contributed by atoms with E-state index in [-0.39, 0.29) is 30.7 Å². The smallest absolute Gasteiger partial charge is 0.250 e. The Hall–Kier alpha value is -3.19. The fourth-order valence-corrected chi connectivity index (χ4v) is 3.70. The fraction of sp³-hybridized carbons (Fsp3) is 0.375. The van der Waals surface area contributed by atoms with Gasteiger partial charge in [-0.1, -0.05) is 32.0 Å². The van der Waals surface area contributed by atoms with Gasteiger partial charge < -0.3 is 20.3 Å². The highest BCUT2D eigenvalue weighted by Crippen LogP contribution is 2.33. The van der Waals surface area contributed by atoms with Gasteiger partial charge >= 0.3 is 0 Å². The molecule has 0 radical (unpaired) electrons. The highest BCUT2D eigenvalue weighted by molar-refractivity contribution is 6.04. The summed E-state index contributed by atoms with van der Waals surface area (Å²) < 4.78 is 4.78. The minimum absolute atomic E-state index is 0.0230. The zero-order valence-electron chi connectivity index (χ0n) is 18.2. The quantitative estimate of drug-likeness (QED) is 0.676. The van der Waals surface area contributed by atoms with Crippen molar-refractivity contribution in [3.05, 3.63) is 54.1 Å². The molecule has 0 saturated carbocycles. The summed E-state index contributed by atoms with van der Waals surface area (Å²) in [6.45, 7) is 4.61. The van der Waals surface area contributed by atoms with E-state index in [0.717, 1.165) is 17.7 Å². The Kier molecular flexibility index (Phi) is 7.41. The van der Waals surface area contributed by atoms with Gasteiger partial charge in [-0.05, 0) is 48.2 Å². The van der Waals surface area contributed by atoms with E-state index in [9.17, 15) is 14.4 Å². The molecule has 2 aromatic carbocycles. The lowest BCUT2D eigenvalue weighted by atomic mass is 9.96. The van der Waals surface area contributed by atoms with Gasteiger partial charge in [-0.25, -0.2) is 0 Å². The largest absolute Gasteiger partial charge is 0.375 e. The van der Waals surface area contributed by atoms with Crippen molar-refractivity contribution < 1.29 is 19.1 Å². The molecule has 1 aliphatic heterocycles. The average molecular weight is 424 g/mol. The van der Waals surface area contributed by atoms with Gasteiger partial charge in [0.05, 0.1) is 5.92 Å². The van der Waals surface area contributed by atoms with E-state index in [1.165, 1.54) is 7.11 Å². The van der Waals surface area contributed by atoms with Crippen LogP contribution in [-0.2, 0) is 19.1 Å². The highest BCUT2D eigenvalue weighted by Gasteiger charge is 2.36. The topological polar surface area (TPSA) is 87.7 Å². The van der Waals surface area contributed by atoms with Gasteiger partial charge in [-0.15, -0.1) is 0 Å². The van der Waals surface area contributed by atoms with E-state index < -0.39 is 5.92 Å². The third-order valence-electron chi connectivity index (χ3n) is 5.58. The number of rotatable bonds is 8. The molecule has 1 saturated heterocycles. The first-order valence-electron chi connectivity index (χ1n) is 10.5. The van der Waals surface area contributed by atoms with Gasteiger partial charge in [0.25, 0.3) is 0 Å². The lowest BCUT2D eigenvalue weighted by molar-refractivity contribution is -0.122. The Morgan fingerprint density at radius 2 is 1.74 bits per heavy atom. The van der Waals surface area contributed by atoms with Crippen molar-refractivity contribution in [3.63, 3.8) is 0 Å². The molecule has 7 nitrogen and oxygen atoms in total. The Labute approximate surface area is 182 Å². The maximum atomic E-state index is 12.8. The summed E-state index contributed by atoms with van der Waals surface area (Å²) in [5.74, 6) is -0.556. The molecule has 1 fully saturated rings. The second-order valence-electron chi connectivity index (χ2n) is 7.82. The lowest BCUT2D eigenvalue weighted by Gasteiger charge is -2.23. The molecule has 2 unspecified atom stereocenters. The number of nitrogens with one attached hydrogen (secondary N) is 2. The molecular weight excluding hydrogens is 394 g/mol. The number of anilines is 3. The van der Waals surface area contributed by atoms with E-state index in [4.69, 9.17) is 4.74 Å². The number of para-hydroxylation sites is 1. The number of carbonyl (C=O) groups is 3. The van der Waals surface area contributed by atoms with Crippen LogP contribution >= 0.6 is 0 Å². The summed E-state index contributed by atoms with van der Waals surface area (Å²) in [6.07, 6.45) is 1.16. The molecule has 31 heavy (non-hydrogen) atoms. The molecule has 3 rings (SSSR count). The van der Waals surface area contributed by atoms with Gasteiger partial charge in [-0.2, -0.15) is 0 Å². The van der Waals surface area contributed by atoms with Crippen molar-refractivity contribution in [1.82, 2.24) is 0 Å². The van der Waals surface area contributed by atoms with Crippen molar-refractivity contribution >= 4 is 34.8 Å². The second-order valence-corrected chi connectivity index (χ2v) is 7.82. The summed E-state index contributed by atoms with van der Waals surface area (Å²) in [7, 11) is 1.45. The minimum Gasteiger partial charge on any atom is -0.375 e. The summed E-state index contributed by atoms with van der Waals surface area (Å²) >= 11 is 0. The number of amides is 3. The van der Waals surface area contributed by atoms with Crippen LogP contribution in [0.3, 0.4) is 0 Å². The molecule has 164 valence electrons. The van der Waals surface area contributed by atoms with Crippen LogP contribution in [0.1, 0.15) is 38.2 Å². The molecule has 3 amide bonds. The number of carbonyl (C=O) groups excluding carboxylic acids is 3. The summed E-state index contributed by atoms with van der Waals surface area (Å²) in [4.78, 5) is 38.8. The van der Waals surface area contributed by atoms with Gasteiger partial charge in [0.15, 0.2) is 0 Å². The number of hydrogen-bond donors (Lipinski definition) is 2. The maximum Gasteiger partial charge on any atom is 0.250 e. The van der Waals surface area contributed by atoms with E-state index in [1.807, 2.05) is 18.2 Å². The maximum absolute atomic E-state index is 12.8. The first-order valence-corrected chi connectivity index (χ1v) is 10.5. The van der Waals surface area contributed by atoms with Crippen LogP contribution in [0.5, 0.6) is 0 Å². The van der Waals surface area contributed by atoms with Crippen LogP contribution in [0, 0.1) is 5.92 Å². The molecule has 1 aliphatic rings. The fourth-order valence-electron chi connectivity index (χ4n) is 3.70. The van der Waals surface area contributed by atoms with E-state index in [2.05, 4.69) is 30.5 Å². The number of nitrogens with zero attached hydrogens (tertiary/aromatic N) is 1. The molecule has 1 heterocycles. The summed E-state index contributed by atoms with van der Waals surface area (Å²) in [5.41, 5.74) is 3.25. The Bertz CT molecular complexity index is 942. The number of methoxy groups -OCH3 is 1. The number of ether oxygens (including phenoxy) is 1. The van der Waals surface area contributed by atoms with Crippen molar-refractivity contribution in [2.45, 2.75) is 32.6 Å². The zero-order valence-corrected chi connectivity index (χ0v) is 18.2. The molecular formula is C24H29N3O4. The monoisotopic (exact) mass is 423 g/mol. The normalized spacial score (nSPS) is 16.8. The van der Waals surface area contributed by atoms with Gasteiger partial charge in [0.1, 0.15) is 6.61 Å². The molecule has 0 aliphatic carbocycles. The standard InChI is InChI=1S/C24H29N3O4/c1-4-16(2)20-7-5-6-8-21(20)27-14-17(13-23(27)29)24(30)26-19-11-9-18(10-12-19)25-22(28)15-31-3/h5-12,16-17H,4,13-15H2,1-3H3,(H,25,28)(H,26,30). The van der Waals surface area contributed by atoms with Gasteiger partial charge in [-0.3, -0.25) is 14.4 Å². The average Bonchev–Trinajstić information content (AvgIpc) is 3.16. The molecule has 2 N–H and O–H groups in total. The molecule has 2 atom stereocenters. The van der Waals surface area contributed by atoms with Crippen LogP contribution in [0.25, 0.3) is 0 Å². The van der Waals surface area contributed by atoms with Crippen molar-refractivity contribution in [1.29, 1.82) is 0 Å². The van der Waals surface area contributed by atoms with Crippen molar-refractivity contribution in [2.24, 2.45) is 5.92 Å². The molecule has 0 bridgehead atoms. The van der Waals surface area contributed by atoms with Gasteiger partial charge in [0.2, 0.25) is 17.7 Å². The first kappa shape index (κ1) is 22.5. The van der Waals surface area contributed by atoms with Crippen LogP contribution in [0.15, 0.2) is 48.5 Å². The van der Waals surface area contributed by atoms with Gasteiger partial charge in [0, 0.05) is 37.1 Å². The molecule has 2 aromatic rings. The highest BCUT2D eigenvalue weighted by atomic mass is 16.5. The molecule has 0 aromatic heterocycles. The lowest BCUT2D eigenvalue weighted by Crippen LogP contribution is -2.29. The second kappa shape index (κ2) is 10.2. The SMILES string of the molecule is CCC(C)c1ccccc1N1CC(C(=O)Nc2ccc(NC(=O)COC)cc2)CC1=O. The van der Waals surface area contributed by atoms with E-state index >= 15 is 0 Å². The van der Waals surface area contributed by atoms with Crippen LogP contribution < -0.4 is 15.5 Å². The third-order valence-corrected chi connectivity index (χ3v) is 5.58. The number of hydrogen-bond acceptors (Lipinski definition) is 4. The van der Waals surface area contributed by atoms with Crippen molar-refractivity contribution in [3.8, 4) is 0 Å². The van der Waals surface area contributed by atoms with Crippen LogP contribution in [0.4, 0.5) is 17.1 Å². The zero-order chi connectivity index (χ0) is 22.4. The van der Waals surface area contributed by atoms with E-state index in [0.29, 0.717) is 23.8 Å². The minimum atomic E-state index is -0.418. The molecule has 7 heteroatoms. The number of benzene rings is 2. The van der Waals surface area contributed by atoms with Crippen LogP contribution in [-0.4, -0.2) is 38.0 Å². The summed E-state index contributed by atoms with van der Waals surface area (Å²) in [6, 6.07) is 14.8. The third kappa shape index (κ3) is 5.49. The molecule has 0 spiro atoms. The Morgan fingerprint density at radius 3 is 2.39 bits per heavy atom. The Morgan fingerprint density at radius 1 is 1.10 bits per heavy atom. The Balaban J connectivity index is 1.64. The van der Waals surface area contributed by atoms with Crippen LogP contribution in [0.2, 0.25) is 0 Å². The predicted molar refractivity (Wildman–Crippen MR) is 121 cm³/mol.